The molecule has 1 aromatic heterocycles. The molecule has 2 N–H and O–H groups in total. The molecule has 1 aromatic carbocycles. The predicted molar refractivity (Wildman–Crippen MR) is 71.0 cm³/mol. The lowest BCUT2D eigenvalue weighted by Crippen LogP contribution is -2.09. The molecule has 2 aromatic rings. The van der Waals surface area contributed by atoms with E-state index in [1.54, 1.807) is 6.92 Å². The molecule has 104 valence electrons. The molecule has 20 heavy (non-hydrogen) atoms. The van der Waals surface area contributed by atoms with E-state index >= 15 is 0 Å². The van der Waals surface area contributed by atoms with Gasteiger partial charge in [-0.25, -0.2) is 4.39 Å². The summed E-state index contributed by atoms with van der Waals surface area (Å²) in [7, 11) is 0. The second-order valence-electron chi connectivity index (χ2n) is 4.26. The van der Waals surface area contributed by atoms with E-state index in [0.717, 1.165) is 12.3 Å². The second-order valence-corrected chi connectivity index (χ2v) is 4.26. The van der Waals surface area contributed by atoms with E-state index in [4.69, 9.17) is 0 Å². The number of aromatic hydroxyl groups is 1. The van der Waals surface area contributed by atoms with Gasteiger partial charge in [-0.2, -0.15) is 0 Å². The van der Waals surface area contributed by atoms with Gasteiger partial charge in [0.1, 0.15) is 17.3 Å². The van der Waals surface area contributed by atoms with Gasteiger partial charge in [0, 0.05) is 6.20 Å². The number of nitro groups is 1. The van der Waals surface area contributed by atoms with Gasteiger partial charge in [-0.1, -0.05) is 0 Å². The van der Waals surface area contributed by atoms with Crippen molar-refractivity contribution >= 4 is 11.4 Å². The highest BCUT2D eigenvalue weighted by molar-refractivity contribution is 5.64. The molecule has 0 bridgehead atoms. The fraction of sp³-hybridized carbons (Fsp3) is 0.154. The second kappa shape index (κ2) is 5.52. The van der Waals surface area contributed by atoms with Crippen LogP contribution in [-0.4, -0.2) is 15.0 Å². The molecule has 0 spiro atoms. The molecule has 0 saturated carbocycles. The van der Waals surface area contributed by atoms with E-state index < -0.39 is 10.7 Å². The van der Waals surface area contributed by atoms with Gasteiger partial charge < -0.3 is 10.4 Å². The summed E-state index contributed by atoms with van der Waals surface area (Å²) in [6.07, 6.45) is 2.56. The van der Waals surface area contributed by atoms with E-state index in [0.29, 0.717) is 5.56 Å². The number of aromatic nitrogens is 1. The zero-order chi connectivity index (χ0) is 14.7. The average molecular weight is 277 g/mol. The summed E-state index contributed by atoms with van der Waals surface area (Å²) in [6.45, 7) is 1.73. The zero-order valence-electron chi connectivity index (χ0n) is 10.6. The molecule has 1 atom stereocenters. The number of nitro benzene ring substituents is 1. The van der Waals surface area contributed by atoms with Gasteiger partial charge in [0.05, 0.1) is 23.2 Å². The van der Waals surface area contributed by atoms with Crippen LogP contribution in [0.4, 0.5) is 15.8 Å². The minimum atomic E-state index is -0.599. The number of nitrogens with zero attached hydrogens (tertiary/aromatic N) is 2. The third kappa shape index (κ3) is 3.00. The summed E-state index contributed by atoms with van der Waals surface area (Å²) in [6, 6.07) is 4.72. The highest BCUT2D eigenvalue weighted by atomic mass is 19.1. The lowest BCUT2D eigenvalue weighted by atomic mass is 10.1. The Labute approximate surface area is 114 Å². The molecule has 0 saturated heterocycles. The quantitative estimate of drug-likeness (QED) is 0.509. The molecule has 0 amide bonds. The van der Waals surface area contributed by atoms with E-state index in [2.05, 4.69) is 10.3 Å². The Morgan fingerprint density at radius 3 is 2.80 bits per heavy atom. The SMILES string of the molecule is CC(Nc1ccc(O)cc1[N+](=O)[O-])c1cncc(F)c1. The van der Waals surface area contributed by atoms with Crippen LogP contribution in [0.2, 0.25) is 0 Å². The summed E-state index contributed by atoms with van der Waals surface area (Å²) in [5, 5.41) is 23.1. The van der Waals surface area contributed by atoms with Crippen LogP contribution in [0.1, 0.15) is 18.5 Å². The first kappa shape index (κ1) is 13.7. The van der Waals surface area contributed by atoms with Crippen LogP contribution >= 0.6 is 0 Å². The van der Waals surface area contributed by atoms with E-state index in [9.17, 15) is 19.6 Å². The summed E-state index contributed by atoms with van der Waals surface area (Å²) >= 11 is 0. The van der Waals surface area contributed by atoms with Crippen molar-refractivity contribution in [1.29, 1.82) is 0 Å². The van der Waals surface area contributed by atoms with Crippen LogP contribution in [0.3, 0.4) is 0 Å². The zero-order valence-corrected chi connectivity index (χ0v) is 10.6. The number of benzene rings is 1. The molecular formula is C13H12FN3O3. The van der Waals surface area contributed by atoms with Gasteiger partial charge in [0.15, 0.2) is 0 Å². The molecule has 1 heterocycles. The maximum atomic E-state index is 13.1. The number of phenols is 1. The van der Waals surface area contributed by atoms with Gasteiger partial charge in [0.2, 0.25) is 0 Å². The lowest BCUT2D eigenvalue weighted by Gasteiger charge is -2.15. The Morgan fingerprint density at radius 2 is 2.15 bits per heavy atom. The highest BCUT2D eigenvalue weighted by Gasteiger charge is 2.17. The summed E-state index contributed by atoms with van der Waals surface area (Å²) in [5.41, 5.74) is 0.554. The Kier molecular flexibility index (Phi) is 3.79. The van der Waals surface area contributed by atoms with Crippen molar-refractivity contribution in [3.63, 3.8) is 0 Å². The molecule has 1 unspecified atom stereocenters. The summed E-state index contributed by atoms with van der Waals surface area (Å²) in [4.78, 5) is 14.1. The molecule has 7 heteroatoms. The molecule has 6 nitrogen and oxygen atoms in total. The van der Waals surface area contributed by atoms with Gasteiger partial charge in [-0.05, 0) is 30.7 Å². The Morgan fingerprint density at radius 1 is 1.40 bits per heavy atom. The fourth-order valence-corrected chi connectivity index (χ4v) is 1.77. The first-order valence-corrected chi connectivity index (χ1v) is 5.82. The van der Waals surface area contributed by atoms with Crippen LogP contribution in [-0.2, 0) is 0 Å². The monoisotopic (exact) mass is 277 g/mol. The number of halogens is 1. The number of pyridine rings is 1. The molecular weight excluding hydrogens is 265 g/mol. The van der Waals surface area contributed by atoms with Crippen molar-refractivity contribution in [3.8, 4) is 5.75 Å². The third-order valence-electron chi connectivity index (χ3n) is 2.78. The van der Waals surface area contributed by atoms with Crippen LogP contribution < -0.4 is 5.32 Å². The van der Waals surface area contributed by atoms with Gasteiger partial charge in [-0.15, -0.1) is 0 Å². The predicted octanol–water partition coefficient (Wildman–Crippen LogP) is 3.01. The Bertz CT molecular complexity index is 649. The first-order chi connectivity index (χ1) is 9.47. The van der Waals surface area contributed by atoms with Gasteiger partial charge >= 0.3 is 0 Å². The molecule has 0 aliphatic rings. The summed E-state index contributed by atoms with van der Waals surface area (Å²) < 4.78 is 13.1. The Balaban J connectivity index is 2.28. The number of rotatable bonds is 4. The van der Waals surface area contributed by atoms with Crippen molar-refractivity contribution in [3.05, 3.63) is 58.2 Å². The number of anilines is 1. The summed E-state index contributed by atoms with van der Waals surface area (Å²) in [5.74, 6) is -0.668. The number of hydrogen-bond acceptors (Lipinski definition) is 5. The van der Waals surface area contributed by atoms with Crippen molar-refractivity contribution < 1.29 is 14.4 Å². The van der Waals surface area contributed by atoms with Crippen LogP contribution in [0.25, 0.3) is 0 Å². The molecule has 0 aliphatic heterocycles. The van der Waals surface area contributed by atoms with Crippen molar-refractivity contribution in [2.45, 2.75) is 13.0 Å². The van der Waals surface area contributed by atoms with Crippen LogP contribution in [0, 0.1) is 15.9 Å². The fourth-order valence-electron chi connectivity index (χ4n) is 1.77. The number of phenolic OH excluding ortho intramolecular Hbond substituents is 1. The van der Waals surface area contributed by atoms with Gasteiger partial charge in [-0.3, -0.25) is 15.1 Å². The minimum Gasteiger partial charge on any atom is -0.508 e. The highest BCUT2D eigenvalue weighted by Crippen LogP contribution is 2.31. The maximum Gasteiger partial charge on any atom is 0.296 e. The lowest BCUT2D eigenvalue weighted by molar-refractivity contribution is -0.384. The molecule has 0 fully saturated rings. The normalized spacial score (nSPS) is 11.9. The Hall–Kier alpha value is -2.70. The standard InChI is InChI=1S/C13H12FN3O3/c1-8(9-4-10(14)7-15-6-9)16-12-3-2-11(18)5-13(12)17(19)20/h2-8,16,18H,1H3. The van der Waals surface area contributed by atoms with E-state index in [1.165, 1.54) is 24.4 Å². The van der Waals surface area contributed by atoms with Gasteiger partial charge in [0.25, 0.3) is 5.69 Å². The van der Waals surface area contributed by atoms with Crippen molar-refractivity contribution in [2.75, 3.05) is 5.32 Å². The number of hydrogen-bond donors (Lipinski definition) is 2. The number of nitrogens with one attached hydrogen (secondary N) is 1. The first-order valence-electron chi connectivity index (χ1n) is 5.82. The third-order valence-corrected chi connectivity index (χ3v) is 2.78. The van der Waals surface area contributed by atoms with Crippen LogP contribution in [0.5, 0.6) is 5.75 Å². The maximum absolute atomic E-state index is 13.1. The van der Waals surface area contributed by atoms with Crippen molar-refractivity contribution in [2.24, 2.45) is 0 Å². The van der Waals surface area contributed by atoms with E-state index in [1.807, 2.05) is 0 Å². The smallest absolute Gasteiger partial charge is 0.296 e. The van der Waals surface area contributed by atoms with E-state index in [-0.39, 0.29) is 23.2 Å². The van der Waals surface area contributed by atoms with Crippen molar-refractivity contribution in [1.82, 2.24) is 4.98 Å². The minimum absolute atomic E-state index is 0.192. The molecule has 0 aliphatic carbocycles. The van der Waals surface area contributed by atoms with Crippen LogP contribution in [0.15, 0.2) is 36.7 Å². The average Bonchev–Trinajstić information content (AvgIpc) is 2.40. The topological polar surface area (TPSA) is 88.3 Å². The molecule has 2 rings (SSSR count). The largest absolute Gasteiger partial charge is 0.508 e. The molecule has 0 radical (unpaired) electrons.